The van der Waals surface area contributed by atoms with Gasteiger partial charge in [-0.15, -0.1) is 11.3 Å². The number of carbonyl (C=O) groups is 3. The summed E-state index contributed by atoms with van der Waals surface area (Å²) in [6, 6.07) is 1.75. The van der Waals surface area contributed by atoms with Crippen LogP contribution in [0.5, 0.6) is 0 Å². The second-order valence-corrected chi connectivity index (χ2v) is 8.75. The molecular formula is C19H28N2O4S. The summed E-state index contributed by atoms with van der Waals surface area (Å²) in [6.45, 7) is 8.50. The van der Waals surface area contributed by atoms with Crippen molar-refractivity contribution in [1.29, 1.82) is 0 Å². The number of amides is 2. The Morgan fingerprint density at radius 2 is 1.77 bits per heavy atom. The maximum absolute atomic E-state index is 12.3. The monoisotopic (exact) mass is 380 g/mol. The number of aryl methyl sites for hydroxylation is 1. The van der Waals surface area contributed by atoms with E-state index in [-0.39, 0.29) is 18.4 Å². The summed E-state index contributed by atoms with van der Waals surface area (Å²) in [5.41, 5.74) is 0.212. The van der Waals surface area contributed by atoms with Crippen LogP contribution in [0.3, 0.4) is 0 Å². The Hall–Kier alpha value is -1.89. The minimum Gasteiger partial charge on any atom is -0.451 e. The number of carbonyl (C=O) groups excluding carboxylic acids is 3. The van der Waals surface area contributed by atoms with E-state index >= 15 is 0 Å². The molecule has 2 rings (SSSR count). The summed E-state index contributed by atoms with van der Waals surface area (Å²) >= 11 is 1.17. The van der Waals surface area contributed by atoms with E-state index < -0.39 is 11.4 Å². The van der Waals surface area contributed by atoms with E-state index in [0.29, 0.717) is 9.88 Å². The number of esters is 1. The van der Waals surface area contributed by atoms with Crippen molar-refractivity contribution in [3.05, 3.63) is 16.5 Å². The molecule has 1 aromatic rings. The minimum absolute atomic E-state index is 0.116. The average Bonchev–Trinajstić information content (AvgIpc) is 2.77. The molecule has 1 fully saturated rings. The molecule has 6 nitrogen and oxygen atoms in total. The number of nitrogens with zero attached hydrogens (tertiary/aromatic N) is 1. The number of rotatable bonds is 4. The van der Waals surface area contributed by atoms with Crippen molar-refractivity contribution in [3.63, 3.8) is 0 Å². The van der Waals surface area contributed by atoms with Gasteiger partial charge in [0, 0.05) is 18.5 Å². The van der Waals surface area contributed by atoms with Gasteiger partial charge in [-0.2, -0.15) is 0 Å². The largest absolute Gasteiger partial charge is 0.451 e. The van der Waals surface area contributed by atoms with Crippen LogP contribution in [0.2, 0.25) is 0 Å². The molecule has 0 aromatic carbocycles. The van der Waals surface area contributed by atoms with Crippen LogP contribution in [-0.2, 0) is 14.3 Å². The molecule has 2 amide bonds. The highest BCUT2D eigenvalue weighted by atomic mass is 32.1. The van der Waals surface area contributed by atoms with Crippen molar-refractivity contribution in [2.45, 2.75) is 53.4 Å². The molecule has 2 heterocycles. The Bertz CT molecular complexity index is 668. The smallest absolute Gasteiger partial charge is 0.349 e. The van der Waals surface area contributed by atoms with Crippen molar-refractivity contribution < 1.29 is 19.1 Å². The van der Waals surface area contributed by atoms with Crippen molar-refractivity contribution >= 4 is 34.1 Å². The normalized spacial score (nSPS) is 15.3. The van der Waals surface area contributed by atoms with Gasteiger partial charge in [-0.05, 0) is 31.4 Å². The second kappa shape index (κ2) is 8.66. The lowest BCUT2D eigenvalue weighted by molar-refractivity contribution is -0.134. The third-order valence-corrected chi connectivity index (χ3v) is 5.44. The van der Waals surface area contributed by atoms with E-state index in [0.717, 1.165) is 44.3 Å². The Labute approximate surface area is 158 Å². The van der Waals surface area contributed by atoms with Crippen LogP contribution in [0.25, 0.3) is 0 Å². The quantitative estimate of drug-likeness (QED) is 0.810. The highest BCUT2D eigenvalue weighted by Crippen LogP contribution is 2.29. The Morgan fingerprint density at radius 1 is 1.15 bits per heavy atom. The van der Waals surface area contributed by atoms with Gasteiger partial charge in [-0.3, -0.25) is 9.59 Å². The second-order valence-electron chi connectivity index (χ2n) is 7.70. The van der Waals surface area contributed by atoms with E-state index in [2.05, 4.69) is 5.32 Å². The molecule has 1 aliphatic heterocycles. The first-order chi connectivity index (χ1) is 12.2. The van der Waals surface area contributed by atoms with Gasteiger partial charge in [0.1, 0.15) is 4.88 Å². The van der Waals surface area contributed by atoms with Crippen LogP contribution in [-0.4, -0.2) is 42.4 Å². The highest BCUT2D eigenvalue weighted by molar-refractivity contribution is 7.18. The Morgan fingerprint density at radius 3 is 2.35 bits per heavy atom. The van der Waals surface area contributed by atoms with Gasteiger partial charge in [0.15, 0.2) is 6.61 Å². The minimum atomic E-state index is -0.521. The third kappa shape index (κ3) is 5.56. The van der Waals surface area contributed by atoms with Gasteiger partial charge in [-0.25, -0.2) is 4.79 Å². The number of ether oxygens (including phenoxy) is 1. The molecule has 0 aliphatic carbocycles. The number of likely N-dealkylation sites (tertiary alicyclic amines) is 1. The number of hydrogen-bond donors (Lipinski definition) is 1. The standard InChI is InChI=1S/C19H28N2O4S/c1-13-11-14(20-18(24)19(2,3)4)26-16(13)17(23)25-12-15(22)21-9-7-5-6-8-10-21/h11H,5-10,12H2,1-4H3,(H,20,24). The van der Waals surface area contributed by atoms with Crippen molar-refractivity contribution in [1.82, 2.24) is 4.90 Å². The summed E-state index contributed by atoms with van der Waals surface area (Å²) in [7, 11) is 0. The van der Waals surface area contributed by atoms with Crippen LogP contribution in [0.4, 0.5) is 5.00 Å². The van der Waals surface area contributed by atoms with Crippen LogP contribution < -0.4 is 5.32 Å². The van der Waals surface area contributed by atoms with Crippen LogP contribution in [0.1, 0.15) is 61.7 Å². The molecule has 0 atom stereocenters. The van der Waals surface area contributed by atoms with Crippen LogP contribution >= 0.6 is 11.3 Å². The molecule has 7 heteroatoms. The first kappa shape index (κ1) is 20.4. The van der Waals surface area contributed by atoms with E-state index in [9.17, 15) is 14.4 Å². The van der Waals surface area contributed by atoms with Gasteiger partial charge in [0.2, 0.25) is 5.91 Å². The van der Waals surface area contributed by atoms with Crippen molar-refractivity contribution in [3.8, 4) is 0 Å². The molecule has 1 aromatic heterocycles. The fraction of sp³-hybridized carbons (Fsp3) is 0.632. The van der Waals surface area contributed by atoms with Crippen molar-refractivity contribution in [2.75, 3.05) is 25.0 Å². The number of anilines is 1. The zero-order chi connectivity index (χ0) is 19.3. The van der Waals surface area contributed by atoms with Gasteiger partial charge < -0.3 is 15.0 Å². The Balaban J connectivity index is 1.93. The molecular weight excluding hydrogens is 352 g/mol. The Kier molecular flexibility index (Phi) is 6.81. The lowest BCUT2D eigenvalue weighted by atomic mass is 9.96. The zero-order valence-corrected chi connectivity index (χ0v) is 16.8. The van der Waals surface area contributed by atoms with E-state index in [1.165, 1.54) is 11.3 Å². The summed E-state index contributed by atoms with van der Waals surface area (Å²) in [5.74, 6) is -0.780. The SMILES string of the molecule is Cc1cc(NC(=O)C(C)(C)C)sc1C(=O)OCC(=O)N1CCCCCC1. The van der Waals surface area contributed by atoms with E-state index in [1.807, 2.05) is 20.8 Å². The zero-order valence-electron chi connectivity index (χ0n) is 16.0. The predicted molar refractivity (Wildman–Crippen MR) is 102 cm³/mol. The molecule has 0 radical (unpaired) electrons. The molecule has 26 heavy (non-hydrogen) atoms. The summed E-state index contributed by atoms with van der Waals surface area (Å²) < 4.78 is 5.22. The average molecular weight is 381 g/mol. The van der Waals surface area contributed by atoms with E-state index in [4.69, 9.17) is 4.74 Å². The fourth-order valence-electron chi connectivity index (χ4n) is 2.65. The number of nitrogens with one attached hydrogen (secondary N) is 1. The fourth-order valence-corrected chi connectivity index (χ4v) is 3.61. The molecule has 1 saturated heterocycles. The van der Waals surface area contributed by atoms with Crippen molar-refractivity contribution in [2.24, 2.45) is 5.41 Å². The lowest BCUT2D eigenvalue weighted by Gasteiger charge is -2.19. The molecule has 0 unspecified atom stereocenters. The van der Waals surface area contributed by atoms with Crippen LogP contribution in [0, 0.1) is 12.3 Å². The van der Waals surface area contributed by atoms with Gasteiger partial charge in [-0.1, -0.05) is 33.6 Å². The first-order valence-electron chi connectivity index (χ1n) is 9.05. The summed E-state index contributed by atoms with van der Waals surface area (Å²) in [6.07, 6.45) is 4.28. The molecule has 144 valence electrons. The molecule has 0 bridgehead atoms. The number of hydrogen-bond acceptors (Lipinski definition) is 5. The van der Waals surface area contributed by atoms with Gasteiger partial charge >= 0.3 is 5.97 Å². The highest BCUT2D eigenvalue weighted by Gasteiger charge is 2.24. The van der Waals surface area contributed by atoms with Crippen LogP contribution in [0.15, 0.2) is 6.07 Å². The maximum atomic E-state index is 12.3. The molecule has 0 saturated carbocycles. The third-order valence-electron chi connectivity index (χ3n) is 4.31. The summed E-state index contributed by atoms with van der Waals surface area (Å²) in [5, 5.41) is 3.42. The van der Waals surface area contributed by atoms with E-state index in [1.54, 1.807) is 17.9 Å². The predicted octanol–water partition coefficient (Wildman–Crippen LogP) is 3.60. The topological polar surface area (TPSA) is 75.7 Å². The molecule has 0 spiro atoms. The van der Waals surface area contributed by atoms with Gasteiger partial charge in [0.25, 0.3) is 5.91 Å². The summed E-state index contributed by atoms with van der Waals surface area (Å²) in [4.78, 5) is 38.8. The van der Waals surface area contributed by atoms with Gasteiger partial charge in [0.05, 0.1) is 5.00 Å². The molecule has 1 N–H and O–H groups in total. The molecule has 1 aliphatic rings. The first-order valence-corrected chi connectivity index (χ1v) is 9.87. The number of thiophene rings is 1. The maximum Gasteiger partial charge on any atom is 0.349 e. The lowest BCUT2D eigenvalue weighted by Crippen LogP contribution is -2.35.